The molecule has 0 bridgehead atoms. The van der Waals surface area contributed by atoms with Crippen LogP contribution >= 0.6 is 0 Å². The number of hydrogen-bond acceptors (Lipinski definition) is 5. The molecular formula is C26H31N3O4. The van der Waals surface area contributed by atoms with E-state index in [9.17, 15) is 14.4 Å². The van der Waals surface area contributed by atoms with Crippen LogP contribution in [0.4, 0.5) is 5.69 Å². The first-order valence-electron chi connectivity index (χ1n) is 11.2. The average molecular weight is 450 g/mol. The molecule has 2 aromatic carbocycles. The van der Waals surface area contributed by atoms with Gasteiger partial charge in [0.05, 0.1) is 19.6 Å². The molecule has 0 aromatic heterocycles. The summed E-state index contributed by atoms with van der Waals surface area (Å²) in [5, 5.41) is 2.90. The van der Waals surface area contributed by atoms with Crippen molar-refractivity contribution in [2.24, 2.45) is 0 Å². The number of hydrogen-bond donors (Lipinski definition) is 1. The van der Waals surface area contributed by atoms with Gasteiger partial charge < -0.3 is 15.0 Å². The van der Waals surface area contributed by atoms with Gasteiger partial charge in [-0.2, -0.15) is 0 Å². The average Bonchev–Trinajstić information content (AvgIpc) is 2.81. The lowest BCUT2D eigenvalue weighted by Gasteiger charge is -2.34. The molecule has 0 saturated carbocycles. The number of anilines is 1. The summed E-state index contributed by atoms with van der Waals surface area (Å²) in [6, 6.07) is 15.3. The lowest BCUT2D eigenvalue weighted by molar-refractivity contribution is -0.137. The molecule has 1 saturated heterocycles. The quantitative estimate of drug-likeness (QED) is 0.495. The summed E-state index contributed by atoms with van der Waals surface area (Å²) >= 11 is 0. The van der Waals surface area contributed by atoms with E-state index in [1.165, 1.54) is 11.6 Å². The van der Waals surface area contributed by atoms with E-state index < -0.39 is 0 Å². The summed E-state index contributed by atoms with van der Waals surface area (Å²) in [5.41, 5.74) is 3.74. The Morgan fingerprint density at radius 1 is 0.970 bits per heavy atom. The minimum Gasteiger partial charge on any atom is -0.463 e. The summed E-state index contributed by atoms with van der Waals surface area (Å²) in [6.45, 7) is 7.00. The Kier molecular flexibility index (Phi) is 8.78. The second-order valence-electron chi connectivity index (χ2n) is 8.07. The van der Waals surface area contributed by atoms with E-state index >= 15 is 0 Å². The highest BCUT2D eigenvalue weighted by Gasteiger charge is 2.22. The fraction of sp³-hybridized carbons (Fsp3) is 0.346. The zero-order valence-corrected chi connectivity index (χ0v) is 19.3. The molecular weight excluding hydrogens is 418 g/mol. The van der Waals surface area contributed by atoms with Gasteiger partial charge in [0.1, 0.15) is 0 Å². The van der Waals surface area contributed by atoms with Crippen molar-refractivity contribution in [2.45, 2.75) is 20.3 Å². The molecule has 7 nitrogen and oxygen atoms in total. The first-order valence-corrected chi connectivity index (χ1v) is 11.2. The van der Waals surface area contributed by atoms with Crippen LogP contribution in [0.1, 0.15) is 23.6 Å². The predicted molar refractivity (Wildman–Crippen MR) is 129 cm³/mol. The minimum atomic E-state index is -0.383. The van der Waals surface area contributed by atoms with Crippen LogP contribution in [0.15, 0.2) is 54.6 Å². The van der Waals surface area contributed by atoms with Gasteiger partial charge in [-0.3, -0.25) is 14.5 Å². The lowest BCUT2D eigenvalue weighted by Crippen LogP contribution is -2.50. The molecule has 2 aromatic rings. The smallest absolute Gasteiger partial charge is 0.330 e. The number of nitrogens with one attached hydrogen (secondary N) is 1. The summed E-state index contributed by atoms with van der Waals surface area (Å²) < 4.78 is 4.85. The first kappa shape index (κ1) is 24.2. The molecule has 1 aliphatic heterocycles. The molecule has 7 heteroatoms. The Balaban J connectivity index is 1.40. The highest BCUT2D eigenvalue weighted by Crippen LogP contribution is 2.12. The molecule has 0 aliphatic carbocycles. The van der Waals surface area contributed by atoms with Crippen LogP contribution in [0, 0.1) is 6.92 Å². The van der Waals surface area contributed by atoms with Crippen LogP contribution in [0.25, 0.3) is 6.08 Å². The van der Waals surface area contributed by atoms with Gasteiger partial charge in [0.15, 0.2) is 0 Å². The molecule has 1 aliphatic rings. The van der Waals surface area contributed by atoms with Gasteiger partial charge in [0.2, 0.25) is 11.8 Å². The number of esters is 1. The Morgan fingerprint density at radius 3 is 2.27 bits per heavy atom. The number of carbonyl (C=O) groups excluding carboxylic acids is 3. The number of benzene rings is 2. The van der Waals surface area contributed by atoms with Crippen LogP contribution in [0.2, 0.25) is 0 Å². The molecule has 1 N–H and O–H groups in total. The van der Waals surface area contributed by atoms with E-state index in [0.29, 0.717) is 44.9 Å². The van der Waals surface area contributed by atoms with E-state index in [4.69, 9.17) is 4.74 Å². The van der Waals surface area contributed by atoms with Crippen LogP contribution in [-0.2, 0) is 25.5 Å². The fourth-order valence-electron chi connectivity index (χ4n) is 3.58. The van der Waals surface area contributed by atoms with Crippen molar-refractivity contribution in [1.29, 1.82) is 0 Å². The van der Waals surface area contributed by atoms with Gasteiger partial charge in [0.25, 0.3) is 0 Å². The monoisotopic (exact) mass is 449 g/mol. The van der Waals surface area contributed by atoms with Crippen molar-refractivity contribution < 1.29 is 19.1 Å². The third-order valence-corrected chi connectivity index (χ3v) is 5.46. The molecule has 0 radical (unpaired) electrons. The Labute approximate surface area is 195 Å². The lowest BCUT2D eigenvalue weighted by atomic mass is 10.1. The molecule has 174 valence electrons. The van der Waals surface area contributed by atoms with Crippen molar-refractivity contribution in [2.75, 3.05) is 44.6 Å². The van der Waals surface area contributed by atoms with Gasteiger partial charge in [-0.15, -0.1) is 0 Å². The summed E-state index contributed by atoms with van der Waals surface area (Å²) in [6.07, 6.45) is 3.46. The normalized spacial score (nSPS) is 14.3. The standard InChI is InChI=1S/C26H31N3O4/c1-3-33-26(32)13-10-21-8-11-23(12-9-21)27-24(30)19-28-14-16-29(17-15-28)25(31)18-22-6-4-20(2)5-7-22/h4-13H,3,14-19H2,1-2H3,(H,27,30)/b13-10+. The highest BCUT2D eigenvalue weighted by atomic mass is 16.5. The van der Waals surface area contributed by atoms with Gasteiger partial charge in [-0.1, -0.05) is 42.0 Å². The molecule has 2 amide bonds. The molecule has 0 atom stereocenters. The van der Waals surface area contributed by atoms with Crippen molar-refractivity contribution in [3.8, 4) is 0 Å². The van der Waals surface area contributed by atoms with Gasteiger partial charge in [-0.25, -0.2) is 4.79 Å². The maximum atomic E-state index is 12.6. The van der Waals surface area contributed by atoms with E-state index in [2.05, 4.69) is 10.2 Å². The minimum absolute atomic E-state index is 0.0933. The third kappa shape index (κ3) is 7.88. The fourth-order valence-corrected chi connectivity index (χ4v) is 3.58. The summed E-state index contributed by atoms with van der Waals surface area (Å²) in [5.74, 6) is -0.351. The first-order chi connectivity index (χ1) is 15.9. The van der Waals surface area contributed by atoms with Crippen LogP contribution in [0.5, 0.6) is 0 Å². The SMILES string of the molecule is CCOC(=O)/C=C/c1ccc(NC(=O)CN2CCN(C(=O)Cc3ccc(C)cc3)CC2)cc1. The van der Waals surface area contributed by atoms with Crippen molar-refractivity contribution >= 4 is 29.5 Å². The topological polar surface area (TPSA) is 79.0 Å². The van der Waals surface area contributed by atoms with Gasteiger partial charge in [-0.05, 0) is 43.2 Å². The van der Waals surface area contributed by atoms with E-state index in [1.807, 2.05) is 48.2 Å². The van der Waals surface area contributed by atoms with Crippen molar-refractivity contribution in [3.63, 3.8) is 0 Å². The number of ether oxygens (including phenoxy) is 1. The highest BCUT2D eigenvalue weighted by molar-refractivity contribution is 5.92. The zero-order chi connectivity index (χ0) is 23.6. The van der Waals surface area contributed by atoms with Crippen molar-refractivity contribution in [3.05, 3.63) is 71.3 Å². The Bertz CT molecular complexity index is 976. The van der Waals surface area contributed by atoms with E-state index in [-0.39, 0.29) is 24.3 Å². The maximum absolute atomic E-state index is 12.6. The third-order valence-electron chi connectivity index (χ3n) is 5.46. The Morgan fingerprint density at radius 2 is 1.64 bits per heavy atom. The second-order valence-corrected chi connectivity index (χ2v) is 8.07. The number of nitrogens with zero attached hydrogens (tertiary/aromatic N) is 2. The zero-order valence-electron chi connectivity index (χ0n) is 19.3. The van der Waals surface area contributed by atoms with E-state index in [1.54, 1.807) is 25.1 Å². The molecule has 0 spiro atoms. The number of piperazine rings is 1. The number of rotatable bonds is 8. The van der Waals surface area contributed by atoms with Crippen LogP contribution in [0.3, 0.4) is 0 Å². The summed E-state index contributed by atoms with van der Waals surface area (Å²) in [7, 11) is 0. The largest absolute Gasteiger partial charge is 0.463 e. The van der Waals surface area contributed by atoms with Gasteiger partial charge >= 0.3 is 5.97 Å². The molecule has 3 rings (SSSR count). The second kappa shape index (κ2) is 12.0. The summed E-state index contributed by atoms with van der Waals surface area (Å²) in [4.78, 5) is 40.3. The number of amides is 2. The molecule has 33 heavy (non-hydrogen) atoms. The number of aryl methyl sites for hydroxylation is 1. The Hall–Kier alpha value is -3.45. The van der Waals surface area contributed by atoms with E-state index in [0.717, 1.165) is 11.1 Å². The maximum Gasteiger partial charge on any atom is 0.330 e. The van der Waals surface area contributed by atoms with Crippen LogP contribution < -0.4 is 5.32 Å². The predicted octanol–water partition coefficient (Wildman–Crippen LogP) is 2.90. The molecule has 0 unspecified atom stereocenters. The molecule has 1 fully saturated rings. The molecule has 1 heterocycles. The van der Waals surface area contributed by atoms with Gasteiger partial charge in [0, 0.05) is 37.9 Å². The number of carbonyl (C=O) groups is 3. The van der Waals surface area contributed by atoms with Crippen LogP contribution in [-0.4, -0.2) is 66.9 Å². The van der Waals surface area contributed by atoms with Crippen molar-refractivity contribution in [1.82, 2.24) is 9.80 Å².